The molecule has 7 heteroatoms. The molecule has 1 aromatic carbocycles. The number of carbonyl (C=O) groups excluding carboxylic acids is 2. The second-order valence-electron chi connectivity index (χ2n) is 7.57. The first-order valence-electron chi connectivity index (χ1n) is 9.76. The molecule has 0 bridgehead atoms. The van der Waals surface area contributed by atoms with Crippen molar-refractivity contribution in [3.63, 3.8) is 0 Å². The maximum Gasteiger partial charge on any atom is 0.273 e. The molecule has 0 saturated carbocycles. The van der Waals surface area contributed by atoms with Crippen LogP contribution in [-0.4, -0.2) is 47.9 Å². The number of rotatable bonds is 6. The van der Waals surface area contributed by atoms with Gasteiger partial charge in [0.1, 0.15) is 10.7 Å². The first-order valence-corrected chi connectivity index (χ1v) is 10.6. The lowest BCUT2D eigenvalue weighted by atomic mass is 10.0. The molecule has 0 radical (unpaired) electrons. The first-order chi connectivity index (χ1) is 13.4. The zero-order chi connectivity index (χ0) is 20.1. The van der Waals surface area contributed by atoms with Crippen molar-refractivity contribution in [2.24, 2.45) is 5.92 Å². The Morgan fingerprint density at radius 3 is 2.43 bits per heavy atom. The summed E-state index contributed by atoms with van der Waals surface area (Å²) in [6, 6.07) is 10.1. The van der Waals surface area contributed by atoms with Crippen LogP contribution in [0, 0.1) is 5.92 Å². The summed E-state index contributed by atoms with van der Waals surface area (Å²) < 4.78 is 0. The number of para-hydroxylation sites is 1. The van der Waals surface area contributed by atoms with Crippen molar-refractivity contribution in [3.05, 3.63) is 46.4 Å². The topological polar surface area (TPSA) is 65.5 Å². The molecule has 3 rings (SSSR count). The summed E-state index contributed by atoms with van der Waals surface area (Å²) in [5, 5.41) is 5.58. The normalized spacial score (nSPS) is 15.6. The third-order valence-corrected chi connectivity index (χ3v) is 5.77. The van der Waals surface area contributed by atoms with Gasteiger partial charge in [0, 0.05) is 44.2 Å². The fourth-order valence-electron chi connectivity index (χ4n) is 3.45. The molecule has 1 aliphatic heterocycles. The van der Waals surface area contributed by atoms with Crippen molar-refractivity contribution in [2.75, 3.05) is 31.1 Å². The summed E-state index contributed by atoms with van der Waals surface area (Å²) in [6.45, 7) is 8.73. The van der Waals surface area contributed by atoms with Crippen molar-refractivity contribution < 1.29 is 9.59 Å². The molecule has 1 atom stereocenters. The van der Waals surface area contributed by atoms with Crippen molar-refractivity contribution in [1.82, 2.24) is 15.2 Å². The highest BCUT2D eigenvalue weighted by Gasteiger charge is 2.25. The summed E-state index contributed by atoms with van der Waals surface area (Å²) in [4.78, 5) is 33.2. The van der Waals surface area contributed by atoms with E-state index in [1.54, 1.807) is 0 Å². The average molecular weight is 401 g/mol. The van der Waals surface area contributed by atoms with E-state index in [2.05, 4.69) is 41.2 Å². The van der Waals surface area contributed by atoms with Crippen LogP contribution >= 0.6 is 11.3 Å². The molecule has 1 aromatic heterocycles. The summed E-state index contributed by atoms with van der Waals surface area (Å²) in [5.74, 6) is 0.318. The molecule has 0 spiro atoms. The maximum absolute atomic E-state index is 12.9. The lowest BCUT2D eigenvalue weighted by Gasteiger charge is -2.35. The van der Waals surface area contributed by atoms with Crippen molar-refractivity contribution >= 4 is 28.8 Å². The number of nitrogens with one attached hydrogen (secondary N) is 1. The predicted molar refractivity (Wildman–Crippen MR) is 113 cm³/mol. The van der Waals surface area contributed by atoms with Gasteiger partial charge in [0.2, 0.25) is 5.91 Å². The maximum atomic E-state index is 12.9. The van der Waals surface area contributed by atoms with Gasteiger partial charge in [0.15, 0.2) is 0 Å². The Kier molecular flexibility index (Phi) is 6.67. The average Bonchev–Trinajstić information content (AvgIpc) is 3.17. The van der Waals surface area contributed by atoms with Gasteiger partial charge in [-0.2, -0.15) is 0 Å². The zero-order valence-electron chi connectivity index (χ0n) is 16.7. The molecule has 0 unspecified atom stereocenters. The van der Waals surface area contributed by atoms with Crippen LogP contribution in [0.2, 0.25) is 0 Å². The van der Waals surface area contributed by atoms with Gasteiger partial charge in [-0.15, -0.1) is 11.3 Å². The Hall–Kier alpha value is -2.41. The van der Waals surface area contributed by atoms with Gasteiger partial charge < -0.3 is 15.1 Å². The summed E-state index contributed by atoms with van der Waals surface area (Å²) in [6.07, 6.45) is 0.802. The summed E-state index contributed by atoms with van der Waals surface area (Å²) in [7, 11) is 0. The number of hydrogen-bond acceptors (Lipinski definition) is 5. The van der Waals surface area contributed by atoms with E-state index >= 15 is 0 Å². The fraction of sp³-hybridized carbons (Fsp3) is 0.476. The number of piperazine rings is 1. The van der Waals surface area contributed by atoms with E-state index < -0.39 is 0 Å². The standard InChI is InChI=1S/C21H28N4O2S/c1-15(2)13-18(22-16(3)26)20-23-19(14-28-20)21(27)25-11-9-24(10-12-25)17-7-5-4-6-8-17/h4-8,14-15,18H,9-13H2,1-3H3,(H,22,26)/t18-/m0/s1. The SMILES string of the molecule is CC(=O)N[C@@H](CC(C)C)c1nc(C(=O)N2CCN(c3ccccc3)CC2)cs1. The van der Waals surface area contributed by atoms with Crippen LogP contribution in [-0.2, 0) is 4.79 Å². The molecule has 6 nitrogen and oxygen atoms in total. The molecule has 1 N–H and O–H groups in total. The number of thiazole rings is 1. The van der Waals surface area contributed by atoms with Gasteiger partial charge in [-0.25, -0.2) is 4.98 Å². The lowest BCUT2D eigenvalue weighted by Crippen LogP contribution is -2.48. The van der Waals surface area contributed by atoms with Gasteiger partial charge >= 0.3 is 0 Å². The quantitative estimate of drug-likeness (QED) is 0.808. The molecule has 1 saturated heterocycles. The molecule has 0 aliphatic carbocycles. The lowest BCUT2D eigenvalue weighted by molar-refractivity contribution is -0.119. The van der Waals surface area contributed by atoms with Crippen LogP contribution in [0.15, 0.2) is 35.7 Å². The Morgan fingerprint density at radius 1 is 1.14 bits per heavy atom. The van der Waals surface area contributed by atoms with E-state index in [0.29, 0.717) is 24.7 Å². The first kappa shape index (κ1) is 20.3. The Balaban J connectivity index is 1.63. The third kappa shape index (κ3) is 5.10. The van der Waals surface area contributed by atoms with E-state index in [4.69, 9.17) is 0 Å². The van der Waals surface area contributed by atoms with Gasteiger partial charge in [-0.1, -0.05) is 32.0 Å². The van der Waals surface area contributed by atoms with Crippen LogP contribution < -0.4 is 10.2 Å². The second kappa shape index (κ2) is 9.19. The van der Waals surface area contributed by atoms with Crippen LogP contribution in [0.5, 0.6) is 0 Å². The van der Waals surface area contributed by atoms with Crippen LogP contribution in [0.4, 0.5) is 5.69 Å². The number of carbonyl (C=O) groups is 2. The van der Waals surface area contributed by atoms with Crippen molar-refractivity contribution in [1.29, 1.82) is 0 Å². The second-order valence-corrected chi connectivity index (χ2v) is 8.46. The fourth-order valence-corrected chi connectivity index (χ4v) is 4.31. The number of aromatic nitrogens is 1. The predicted octanol–water partition coefficient (Wildman–Crippen LogP) is 3.33. The van der Waals surface area contributed by atoms with Crippen LogP contribution in [0.25, 0.3) is 0 Å². The van der Waals surface area contributed by atoms with Crippen molar-refractivity contribution in [3.8, 4) is 0 Å². The monoisotopic (exact) mass is 400 g/mol. The minimum atomic E-state index is -0.140. The van der Waals surface area contributed by atoms with E-state index in [9.17, 15) is 9.59 Å². The highest BCUT2D eigenvalue weighted by atomic mass is 32.1. The third-order valence-electron chi connectivity index (χ3n) is 4.81. The Morgan fingerprint density at radius 2 is 1.82 bits per heavy atom. The number of nitrogens with zero attached hydrogens (tertiary/aromatic N) is 3. The summed E-state index contributed by atoms with van der Waals surface area (Å²) >= 11 is 1.45. The van der Waals surface area contributed by atoms with E-state index in [1.165, 1.54) is 23.9 Å². The van der Waals surface area contributed by atoms with E-state index in [-0.39, 0.29) is 17.9 Å². The molecule has 2 aromatic rings. The zero-order valence-corrected chi connectivity index (χ0v) is 17.5. The smallest absolute Gasteiger partial charge is 0.273 e. The number of benzene rings is 1. The summed E-state index contributed by atoms with van der Waals surface area (Å²) in [5.41, 5.74) is 1.67. The molecule has 2 amide bonds. The van der Waals surface area contributed by atoms with Crippen LogP contribution in [0.3, 0.4) is 0 Å². The number of amides is 2. The highest BCUT2D eigenvalue weighted by molar-refractivity contribution is 7.09. The Labute approximate surface area is 170 Å². The van der Waals surface area contributed by atoms with Gasteiger partial charge in [0.25, 0.3) is 5.91 Å². The van der Waals surface area contributed by atoms with Gasteiger partial charge in [0.05, 0.1) is 6.04 Å². The molecule has 2 heterocycles. The molecule has 28 heavy (non-hydrogen) atoms. The number of hydrogen-bond donors (Lipinski definition) is 1. The van der Waals surface area contributed by atoms with Gasteiger partial charge in [-0.3, -0.25) is 9.59 Å². The Bertz CT molecular complexity index is 798. The van der Waals surface area contributed by atoms with Gasteiger partial charge in [-0.05, 0) is 24.5 Å². The van der Waals surface area contributed by atoms with Crippen molar-refractivity contribution in [2.45, 2.75) is 33.2 Å². The highest BCUT2D eigenvalue weighted by Crippen LogP contribution is 2.25. The molecule has 150 valence electrons. The molecular formula is C21H28N4O2S. The largest absolute Gasteiger partial charge is 0.368 e. The van der Waals surface area contributed by atoms with Crippen LogP contribution in [0.1, 0.15) is 48.7 Å². The van der Waals surface area contributed by atoms with E-state index in [1.807, 2.05) is 28.5 Å². The molecule has 1 fully saturated rings. The molecular weight excluding hydrogens is 372 g/mol. The minimum Gasteiger partial charge on any atom is -0.368 e. The minimum absolute atomic E-state index is 0.0265. The molecule has 1 aliphatic rings. The van der Waals surface area contributed by atoms with E-state index in [0.717, 1.165) is 24.5 Å². The number of anilines is 1.